The van der Waals surface area contributed by atoms with E-state index in [1.54, 1.807) is 0 Å². The van der Waals surface area contributed by atoms with Crippen molar-refractivity contribution < 1.29 is 5.11 Å². The number of hydrogen-bond acceptors (Lipinski definition) is 4. The average molecular weight is 303 g/mol. The van der Waals surface area contributed by atoms with Gasteiger partial charge in [0.1, 0.15) is 0 Å². The number of nitrogens with zero attached hydrogens (tertiary/aromatic N) is 3. The molecule has 122 valence electrons. The van der Waals surface area contributed by atoms with Crippen LogP contribution in [-0.4, -0.2) is 78.3 Å². The normalized spacial score (nSPS) is 28.8. The summed E-state index contributed by atoms with van der Waals surface area (Å²) in [6, 6.07) is 10.7. The molecule has 1 unspecified atom stereocenters. The number of aliphatic hydroxyl groups is 1. The molecule has 2 fully saturated rings. The van der Waals surface area contributed by atoms with Crippen molar-refractivity contribution in [2.45, 2.75) is 25.0 Å². The van der Waals surface area contributed by atoms with Crippen LogP contribution in [0.25, 0.3) is 0 Å². The van der Waals surface area contributed by atoms with Crippen molar-refractivity contribution in [2.24, 2.45) is 0 Å². The van der Waals surface area contributed by atoms with E-state index in [0.717, 1.165) is 65.2 Å². The lowest BCUT2D eigenvalue weighted by Gasteiger charge is -2.43. The summed E-state index contributed by atoms with van der Waals surface area (Å²) in [4.78, 5) is 7.22. The number of rotatable bonds is 4. The van der Waals surface area contributed by atoms with Crippen molar-refractivity contribution in [1.29, 1.82) is 0 Å². The highest BCUT2D eigenvalue weighted by Crippen LogP contribution is 2.22. The quantitative estimate of drug-likeness (QED) is 0.907. The lowest BCUT2D eigenvalue weighted by Crippen LogP contribution is -2.56. The topological polar surface area (TPSA) is 30.0 Å². The first-order valence-corrected chi connectivity index (χ1v) is 8.53. The van der Waals surface area contributed by atoms with E-state index in [0.29, 0.717) is 0 Å². The van der Waals surface area contributed by atoms with Gasteiger partial charge >= 0.3 is 0 Å². The van der Waals surface area contributed by atoms with Crippen molar-refractivity contribution >= 4 is 0 Å². The number of benzene rings is 1. The van der Waals surface area contributed by atoms with E-state index >= 15 is 0 Å². The molecule has 3 rings (SSSR count). The molecular formula is C18H29N3O. The Morgan fingerprint density at radius 1 is 1.00 bits per heavy atom. The van der Waals surface area contributed by atoms with Gasteiger partial charge < -0.3 is 10.0 Å². The molecule has 0 aliphatic carbocycles. The zero-order valence-electron chi connectivity index (χ0n) is 13.7. The van der Waals surface area contributed by atoms with Crippen LogP contribution in [0, 0.1) is 0 Å². The predicted octanol–water partition coefficient (Wildman–Crippen LogP) is 1.26. The molecule has 2 heterocycles. The Bertz CT molecular complexity index is 459. The maximum Gasteiger partial charge on any atom is 0.0900 e. The van der Waals surface area contributed by atoms with Gasteiger partial charge in [-0.15, -0.1) is 0 Å². The standard InChI is InChI=1S/C18H29N3O/c1-19-9-5-8-18(22,15-19)16-21-12-10-20(11-13-21)14-17-6-3-2-4-7-17/h2-4,6-7,22H,5,8-16H2,1H3. The summed E-state index contributed by atoms with van der Waals surface area (Å²) in [7, 11) is 2.11. The van der Waals surface area contributed by atoms with Crippen LogP contribution in [0.3, 0.4) is 0 Å². The first-order valence-electron chi connectivity index (χ1n) is 8.53. The number of piperidine rings is 1. The second-order valence-electron chi connectivity index (χ2n) is 7.10. The van der Waals surface area contributed by atoms with E-state index in [-0.39, 0.29) is 0 Å². The van der Waals surface area contributed by atoms with Gasteiger partial charge in [0.2, 0.25) is 0 Å². The smallest absolute Gasteiger partial charge is 0.0900 e. The molecule has 1 aromatic rings. The number of likely N-dealkylation sites (tertiary alicyclic amines) is 1. The fourth-order valence-corrected chi connectivity index (χ4v) is 3.83. The van der Waals surface area contributed by atoms with Gasteiger partial charge in [-0.3, -0.25) is 9.80 Å². The van der Waals surface area contributed by atoms with Gasteiger partial charge in [-0.1, -0.05) is 30.3 Å². The molecule has 22 heavy (non-hydrogen) atoms. The Morgan fingerprint density at radius 3 is 2.36 bits per heavy atom. The SMILES string of the molecule is CN1CCCC(O)(CN2CCN(Cc3ccccc3)CC2)C1. The average Bonchev–Trinajstić information content (AvgIpc) is 2.50. The molecule has 0 bridgehead atoms. The number of β-amino-alcohol motifs (C(OH)–C–C–N with tert-alkyl or cyclic N) is 1. The third-order valence-corrected chi connectivity index (χ3v) is 4.98. The molecule has 4 heteroatoms. The van der Waals surface area contributed by atoms with Gasteiger partial charge in [0.05, 0.1) is 5.60 Å². The van der Waals surface area contributed by atoms with Crippen LogP contribution in [0.15, 0.2) is 30.3 Å². The maximum absolute atomic E-state index is 10.8. The van der Waals surface area contributed by atoms with Crippen molar-refractivity contribution in [3.63, 3.8) is 0 Å². The molecule has 0 spiro atoms. The summed E-state index contributed by atoms with van der Waals surface area (Å²) in [6.07, 6.45) is 2.06. The van der Waals surface area contributed by atoms with Crippen LogP contribution in [0.2, 0.25) is 0 Å². The second-order valence-corrected chi connectivity index (χ2v) is 7.10. The highest BCUT2D eigenvalue weighted by Gasteiger charge is 2.34. The molecule has 0 amide bonds. The van der Waals surface area contributed by atoms with E-state index in [2.05, 4.69) is 52.1 Å². The van der Waals surface area contributed by atoms with E-state index in [9.17, 15) is 5.11 Å². The molecule has 1 atom stereocenters. The lowest BCUT2D eigenvalue weighted by molar-refractivity contribution is -0.0544. The van der Waals surface area contributed by atoms with Gasteiger partial charge in [0.25, 0.3) is 0 Å². The first kappa shape index (κ1) is 15.9. The number of likely N-dealkylation sites (N-methyl/N-ethyl adjacent to an activating group) is 1. The molecule has 2 aliphatic heterocycles. The minimum absolute atomic E-state index is 0.505. The van der Waals surface area contributed by atoms with Crippen molar-refractivity contribution in [1.82, 2.24) is 14.7 Å². The molecular weight excluding hydrogens is 274 g/mol. The summed E-state index contributed by atoms with van der Waals surface area (Å²) in [5.41, 5.74) is 0.887. The molecule has 4 nitrogen and oxygen atoms in total. The Labute approximate surface area is 134 Å². The molecule has 0 saturated carbocycles. The maximum atomic E-state index is 10.8. The summed E-state index contributed by atoms with van der Waals surface area (Å²) < 4.78 is 0. The third-order valence-electron chi connectivity index (χ3n) is 4.98. The predicted molar refractivity (Wildman–Crippen MR) is 89.8 cm³/mol. The van der Waals surface area contributed by atoms with E-state index in [1.807, 2.05) is 0 Å². The minimum Gasteiger partial charge on any atom is -0.387 e. The summed E-state index contributed by atoms with van der Waals surface area (Å²) >= 11 is 0. The van der Waals surface area contributed by atoms with Crippen LogP contribution < -0.4 is 0 Å². The first-order chi connectivity index (χ1) is 10.6. The van der Waals surface area contributed by atoms with E-state index in [4.69, 9.17) is 0 Å². The van der Waals surface area contributed by atoms with Crippen LogP contribution >= 0.6 is 0 Å². The van der Waals surface area contributed by atoms with E-state index < -0.39 is 5.60 Å². The Morgan fingerprint density at radius 2 is 1.68 bits per heavy atom. The fraction of sp³-hybridized carbons (Fsp3) is 0.667. The van der Waals surface area contributed by atoms with Crippen molar-refractivity contribution in [2.75, 3.05) is 52.9 Å². The van der Waals surface area contributed by atoms with Gasteiger partial charge in [0.15, 0.2) is 0 Å². The summed E-state index contributed by atoms with van der Waals surface area (Å²) in [5.74, 6) is 0. The molecule has 1 N–H and O–H groups in total. The van der Waals surface area contributed by atoms with Gasteiger partial charge in [-0.25, -0.2) is 0 Å². The highest BCUT2D eigenvalue weighted by molar-refractivity contribution is 5.14. The molecule has 0 radical (unpaired) electrons. The Balaban J connectivity index is 1.45. The lowest BCUT2D eigenvalue weighted by atomic mass is 9.92. The van der Waals surface area contributed by atoms with Gasteiger partial charge in [-0.05, 0) is 32.0 Å². The van der Waals surface area contributed by atoms with Gasteiger partial charge in [-0.2, -0.15) is 0 Å². The number of piperazine rings is 1. The van der Waals surface area contributed by atoms with Crippen LogP contribution in [0.4, 0.5) is 0 Å². The largest absolute Gasteiger partial charge is 0.387 e. The summed E-state index contributed by atoms with van der Waals surface area (Å²) in [6.45, 7) is 8.14. The molecule has 2 saturated heterocycles. The second kappa shape index (κ2) is 7.09. The molecule has 1 aromatic carbocycles. The van der Waals surface area contributed by atoms with Crippen LogP contribution in [0.1, 0.15) is 18.4 Å². The third kappa shape index (κ3) is 4.29. The zero-order chi connectivity index (χ0) is 15.4. The monoisotopic (exact) mass is 303 g/mol. The minimum atomic E-state index is -0.505. The van der Waals surface area contributed by atoms with Crippen LogP contribution in [-0.2, 0) is 6.54 Å². The Hall–Kier alpha value is -0.940. The summed E-state index contributed by atoms with van der Waals surface area (Å²) in [5, 5.41) is 10.8. The molecule has 2 aliphatic rings. The molecule has 0 aromatic heterocycles. The van der Waals surface area contributed by atoms with Crippen LogP contribution in [0.5, 0.6) is 0 Å². The van der Waals surface area contributed by atoms with Crippen molar-refractivity contribution in [3.05, 3.63) is 35.9 Å². The Kier molecular flexibility index (Phi) is 5.14. The highest BCUT2D eigenvalue weighted by atomic mass is 16.3. The van der Waals surface area contributed by atoms with Gasteiger partial charge in [0, 0.05) is 45.8 Å². The number of hydrogen-bond donors (Lipinski definition) is 1. The van der Waals surface area contributed by atoms with Crippen molar-refractivity contribution in [3.8, 4) is 0 Å². The van der Waals surface area contributed by atoms with E-state index in [1.165, 1.54) is 5.56 Å². The fourth-order valence-electron chi connectivity index (χ4n) is 3.83. The zero-order valence-corrected chi connectivity index (χ0v) is 13.7.